The molecule has 1 atom stereocenters. The van der Waals surface area contributed by atoms with Crippen molar-refractivity contribution >= 4 is 31.6 Å². The van der Waals surface area contributed by atoms with Crippen LogP contribution in [0.2, 0.25) is 24.7 Å². The van der Waals surface area contributed by atoms with Crippen molar-refractivity contribution in [3.63, 3.8) is 0 Å². The van der Waals surface area contributed by atoms with Gasteiger partial charge < -0.3 is 14.8 Å². The minimum absolute atomic E-state index is 0.358. The van der Waals surface area contributed by atoms with Crippen molar-refractivity contribution in [3.05, 3.63) is 57.4 Å². The molecule has 0 saturated heterocycles. The molecule has 0 fully saturated rings. The number of halogens is 1. The third kappa shape index (κ3) is 4.81. The summed E-state index contributed by atoms with van der Waals surface area (Å²) in [6, 6.07) is 7.19. The standard InChI is InChI=1S/C20H26ClNO4Si/c1-12-16(19(23)25-3)18(14-9-7-8-10-15(14)21)17(13(2)22-12)20(24)26-11-27(4,5)6/h7-10,18,22H,11H2,1-6H3. The summed E-state index contributed by atoms with van der Waals surface area (Å²) in [7, 11) is -0.273. The minimum atomic E-state index is -1.59. The van der Waals surface area contributed by atoms with Crippen LogP contribution in [-0.4, -0.2) is 33.4 Å². The van der Waals surface area contributed by atoms with E-state index >= 15 is 0 Å². The molecule has 1 aromatic carbocycles. The molecule has 1 heterocycles. The van der Waals surface area contributed by atoms with Gasteiger partial charge in [-0.3, -0.25) is 0 Å². The monoisotopic (exact) mass is 407 g/mol. The topological polar surface area (TPSA) is 64.6 Å². The molecule has 1 N–H and O–H groups in total. The molecule has 146 valence electrons. The van der Waals surface area contributed by atoms with Gasteiger partial charge in [0.25, 0.3) is 0 Å². The second kappa shape index (κ2) is 8.31. The second-order valence-electron chi connectivity index (χ2n) is 7.79. The van der Waals surface area contributed by atoms with Gasteiger partial charge in [-0.25, -0.2) is 9.59 Å². The van der Waals surface area contributed by atoms with Crippen LogP contribution in [0.25, 0.3) is 0 Å². The van der Waals surface area contributed by atoms with Crippen LogP contribution in [0.5, 0.6) is 0 Å². The number of ether oxygens (including phenoxy) is 2. The quantitative estimate of drug-likeness (QED) is 0.586. The summed E-state index contributed by atoms with van der Waals surface area (Å²) in [5.74, 6) is -1.60. The van der Waals surface area contributed by atoms with Crippen LogP contribution in [-0.2, 0) is 19.1 Å². The first kappa shape index (κ1) is 21.2. The Morgan fingerprint density at radius 3 is 2.15 bits per heavy atom. The van der Waals surface area contributed by atoms with E-state index in [0.717, 1.165) is 0 Å². The Labute approximate surface area is 166 Å². The number of nitrogens with one attached hydrogen (secondary N) is 1. The Morgan fingerprint density at radius 1 is 1.07 bits per heavy atom. The normalized spacial score (nSPS) is 17.5. The average Bonchev–Trinajstić information content (AvgIpc) is 2.58. The largest absolute Gasteiger partial charge is 0.466 e. The van der Waals surface area contributed by atoms with Crippen molar-refractivity contribution < 1.29 is 19.1 Å². The van der Waals surface area contributed by atoms with Crippen LogP contribution in [0.3, 0.4) is 0 Å². The highest BCUT2D eigenvalue weighted by atomic mass is 35.5. The summed E-state index contributed by atoms with van der Waals surface area (Å²) in [6.45, 7) is 9.94. The molecule has 0 aromatic heterocycles. The molecule has 7 heteroatoms. The predicted molar refractivity (Wildman–Crippen MR) is 109 cm³/mol. The molecule has 0 saturated carbocycles. The zero-order valence-electron chi connectivity index (χ0n) is 16.6. The molecular formula is C20H26ClNO4Si. The summed E-state index contributed by atoms with van der Waals surface area (Å²) in [5.41, 5.74) is 2.68. The lowest BCUT2D eigenvalue weighted by Crippen LogP contribution is -2.35. The molecule has 0 bridgehead atoms. The lowest BCUT2D eigenvalue weighted by atomic mass is 9.80. The van der Waals surface area contributed by atoms with Gasteiger partial charge in [-0.15, -0.1) is 0 Å². The van der Waals surface area contributed by atoms with Crippen molar-refractivity contribution in [2.45, 2.75) is 39.4 Å². The number of methoxy groups -OCH3 is 1. The Kier molecular flexibility index (Phi) is 6.54. The molecule has 2 rings (SSSR count). The Bertz CT molecular complexity index is 824. The van der Waals surface area contributed by atoms with Crippen molar-refractivity contribution in [2.75, 3.05) is 13.3 Å². The molecule has 1 aliphatic heterocycles. The van der Waals surface area contributed by atoms with Crippen molar-refractivity contribution in [1.82, 2.24) is 5.32 Å². The number of carbonyl (C=O) groups is 2. The van der Waals surface area contributed by atoms with Gasteiger partial charge in [-0.1, -0.05) is 49.4 Å². The maximum atomic E-state index is 13.0. The number of allylic oxidation sites excluding steroid dienone is 2. The van der Waals surface area contributed by atoms with Crippen LogP contribution >= 0.6 is 11.6 Å². The Morgan fingerprint density at radius 2 is 1.63 bits per heavy atom. The fraction of sp³-hybridized carbons (Fsp3) is 0.400. The summed E-state index contributed by atoms with van der Waals surface area (Å²) in [5, 5.41) is 3.59. The molecular weight excluding hydrogens is 382 g/mol. The number of benzene rings is 1. The average molecular weight is 408 g/mol. The van der Waals surface area contributed by atoms with Crippen LogP contribution in [0.4, 0.5) is 0 Å². The van der Waals surface area contributed by atoms with Crippen molar-refractivity contribution in [1.29, 1.82) is 0 Å². The zero-order valence-corrected chi connectivity index (χ0v) is 18.4. The first-order valence-electron chi connectivity index (χ1n) is 8.75. The number of esters is 2. The maximum absolute atomic E-state index is 13.0. The minimum Gasteiger partial charge on any atom is -0.466 e. The number of carbonyl (C=O) groups excluding carboxylic acids is 2. The summed E-state index contributed by atoms with van der Waals surface area (Å²) < 4.78 is 10.6. The molecule has 1 aliphatic rings. The molecule has 0 aliphatic carbocycles. The van der Waals surface area contributed by atoms with Crippen LogP contribution in [0.1, 0.15) is 25.3 Å². The van der Waals surface area contributed by atoms with E-state index in [0.29, 0.717) is 39.4 Å². The van der Waals surface area contributed by atoms with Gasteiger partial charge in [0, 0.05) is 16.4 Å². The second-order valence-corrected chi connectivity index (χ2v) is 13.6. The van der Waals surface area contributed by atoms with Gasteiger partial charge in [0.1, 0.15) is 0 Å². The highest BCUT2D eigenvalue weighted by Crippen LogP contribution is 2.41. The molecule has 0 radical (unpaired) electrons. The van der Waals surface area contributed by atoms with E-state index in [1.54, 1.807) is 26.0 Å². The molecule has 5 nitrogen and oxygen atoms in total. The molecule has 27 heavy (non-hydrogen) atoms. The third-order valence-electron chi connectivity index (χ3n) is 4.24. The Hall–Kier alpha value is -2.05. The highest BCUT2D eigenvalue weighted by Gasteiger charge is 2.39. The van der Waals surface area contributed by atoms with Crippen LogP contribution in [0.15, 0.2) is 46.8 Å². The third-order valence-corrected chi connectivity index (χ3v) is 5.59. The lowest BCUT2D eigenvalue weighted by molar-refractivity contribution is -0.138. The highest BCUT2D eigenvalue weighted by molar-refractivity contribution is 6.76. The summed E-state index contributed by atoms with van der Waals surface area (Å²) in [6.07, 6.45) is 0.397. The summed E-state index contributed by atoms with van der Waals surface area (Å²) >= 11 is 6.42. The van der Waals surface area contributed by atoms with E-state index in [-0.39, 0.29) is 0 Å². The molecule has 0 amide bonds. The lowest BCUT2D eigenvalue weighted by Gasteiger charge is -2.31. The van der Waals surface area contributed by atoms with Gasteiger partial charge in [0.15, 0.2) is 0 Å². The van der Waals surface area contributed by atoms with E-state index in [2.05, 4.69) is 25.0 Å². The van der Waals surface area contributed by atoms with Gasteiger partial charge in [-0.2, -0.15) is 0 Å². The maximum Gasteiger partial charge on any atom is 0.336 e. The van der Waals surface area contributed by atoms with Gasteiger partial charge in [0.2, 0.25) is 0 Å². The first-order chi connectivity index (χ1) is 12.6. The SMILES string of the molecule is COC(=O)C1=C(C)NC(C)=C(C(=O)OC[Si](C)(C)C)C1c1ccccc1Cl. The van der Waals surface area contributed by atoms with Crippen molar-refractivity contribution in [3.8, 4) is 0 Å². The van der Waals surface area contributed by atoms with E-state index in [1.165, 1.54) is 7.11 Å². The number of hydrogen-bond donors (Lipinski definition) is 1. The molecule has 0 spiro atoms. The van der Waals surface area contributed by atoms with E-state index in [9.17, 15) is 9.59 Å². The summed E-state index contributed by atoms with van der Waals surface area (Å²) in [4.78, 5) is 25.5. The first-order valence-corrected chi connectivity index (χ1v) is 12.8. The predicted octanol–water partition coefficient (Wildman–Crippen LogP) is 4.17. The van der Waals surface area contributed by atoms with Gasteiger partial charge in [-0.05, 0) is 25.5 Å². The van der Waals surface area contributed by atoms with E-state index in [4.69, 9.17) is 21.1 Å². The van der Waals surface area contributed by atoms with E-state index < -0.39 is 25.9 Å². The molecule has 1 unspecified atom stereocenters. The number of hydrogen-bond acceptors (Lipinski definition) is 5. The fourth-order valence-electron chi connectivity index (χ4n) is 3.03. The van der Waals surface area contributed by atoms with E-state index in [1.807, 2.05) is 12.1 Å². The van der Waals surface area contributed by atoms with Gasteiger partial charge in [0.05, 0.1) is 38.5 Å². The Balaban J connectivity index is 2.58. The van der Waals surface area contributed by atoms with Crippen LogP contribution < -0.4 is 5.32 Å². The van der Waals surface area contributed by atoms with Crippen LogP contribution in [0, 0.1) is 0 Å². The zero-order chi connectivity index (χ0) is 20.4. The smallest absolute Gasteiger partial charge is 0.336 e. The van der Waals surface area contributed by atoms with Crippen molar-refractivity contribution in [2.24, 2.45) is 0 Å². The molecule has 1 aromatic rings. The number of dihydropyridines is 1. The fourth-order valence-corrected chi connectivity index (χ4v) is 3.83. The van der Waals surface area contributed by atoms with Gasteiger partial charge >= 0.3 is 11.9 Å². The number of rotatable bonds is 5.